The SMILES string of the molecule is CCCC1CCc2nc(C)c(C(=O)OCC)cc2C1. The summed E-state index contributed by atoms with van der Waals surface area (Å²) in [7, 11) is 0. The van der Waals surface area contributed by atoms with Gasteiger partial charge in [0.25, 0.3) is 0 Å². The van der Waals surface area contributed by atoms with E-state index in [2.05, 4.69) is 11.9 Å². The van der Waals surface area contributed by atoms with Crippen molar-refractivity contribution in [3.8, 4) is 0 Å². The number of pyridine rings is 1. The van der Waals surface area contributed by atoms with Crippen LogP contribution in [0.15, 0.2) is 6.07 Å². The van der Waals surface area contributed by atoms with Gasteiger partial charge in [-0.15, -0.1) is 0 Å². The van der Waals surface area contributed by atoms with Crippen molar-refractivity contribution in [2.45, 2.75) is 52.9 Å². The number of aryl methyl sites for hydroxylation is 2. The zero-order valence-corrected chi connectivity index (χ0v) is 12.2. The van der Waals surface area contributed by atoms with Crippen molar-refractivity contribution in [2.24, 2.45) is 5.92 Å². The Labute approximate surface area is 115 Å². The molecule has 0 saturated heterocycles. The first-order valence-corrected chi connectivity index (χ1v) is 7.32. The van der Waals surface area contributed by atoms with Crippen LogP contribution in [0.5, 0.6) is 0 Å². The number of carbonyl (C=O) groups excluding carboxylic acids is 1. The Morgan fingerprint density at radius 2 is 2.26 bits per heavy atom. The summed E-state index contributed by atoms with van der Waals surface area (Å²) in [6, 6.07) is 2.01. The fraction of sp³-hybridized carbons (Fsp3) is 0.625. The third-order valence-electron chi connectivity index (χ3n) is 3.87. The molecule has 0 aliphatic heterocycles. The first-order valence-electron chi connectivity index (χ1n) is 7.32. The van der Waals surface area contributed by atoms with Crippen molar-refractivity contribution in [3.05, 3.63) is 28.6 Å². The molecule has 0 N–H and O–H groups in total. The number of carbonyl (C=O) groups is 1. The summed E-state index contributed by atoms with van der Waals surface area (Å²) in [5.74, 6) is 0.505. The number of ether oxygens (including phenoxy) is 1. The molecule has 3 nitrogen and oxygen atoms in total. The maximum absolute atomic E-state index is 11.9. The van der Waals surface area contributed by atoms with E-state index in [0.29, 0.717) is 12.2 Å². The summed E-state index contributed by atoms with van der Waals surface area (Å²) in [6.45, 7) is 6.36. The Morgan fingerprint density at radius 3 is 2.95 bits per heavy atom. The predicted molar refractivity (Wildman–Crippen MR) is 75.4 cm³/mol. The van der Waals surface area contributed by atoms with Crippen LogP contribution < -0.4 is 0 Å². The lowest BCUT2D eigenvalue weighted by Crippen LogP contribution is -2.18. The van der Waals surface area contributed by atoms with Crippen LogP contribution in [-0.2, 0) is 17.6 Å². The number of nitrogens with zero attached hydrogens (tertiary/aromatic N) is 1. The fourth-order valence-corrected chi connectivity index (χ4v) is 2.91. The summed E-state index contributed by atoms with van der Waals surface area (Å²) in [5.41, 5.74) is 3.86. The van der Waals surface area contributed by atoms with Gasteiger partial charge in [-0.3, -0.25) is 4.98 Å². The van der Waals surface area contributed by atoms with E-state index in [0.717, 1.165) is 24.5 Å². The van der Waals surface area contributed by atoms with Gasteiger partial charge in [-0.2, -0.15) is 0 Å². The molecule has 19 heavy (non-hydrogen) atoms. The molecule has 104 valence electrons. The normalized spacial score (nSPS) is 17.9. The Balaban J connectivity index is 2.25. The number of hydrogen-bond donors (Lipinski definition) is 0. The first kappa shape index (κ1) is 14.0. The molecule has 3 heteroatoms. The molecule has 1 aromatic rings. The number of hydrogen-bond acceptors (Lipinski definition) is 3. The molecule has 0 aromatic carbocycles. The molecule has 1 heterocycles. The van der Waals surface area contributed by atoms with Gasteiger partial charge in [0.15, 0.2) is 0 Å². The number of esters is 1. The van der Waals surface area contributed by atoms with E-state index in [1.807, 2.05) is 19.9 Å². The van der Waals surface area contributed by atoms with E-state index < -0.39 is 0 Å². The van der Waals surface area contributed by atoms with Gasteiger partial charge in [0.05, 0.1) is 17.9 Å². The minimum Gasteiger partial charge on any atom is -0.462 e. The lowest BCUT2D eigenvalue weighted by Gasteiger charge is -2.24. The van der Waals surface area contributed by atoms with Gasteiger partial charge < -0.3 is 4.74 Å². The van der Waals surface area contributed by atoms with E-state index in [9.17, 15) is 4.79 Å². The van der Waals surface area contributed by atoms with E-state index in [1.165, 1.54) is 30.5 Å². The van der Waals surface area contributed by atoms with Gasteiger partial charge in [0.2, 0.25) is 0 Å². The molecule has 0 spiro atoms. The highest BCUT2D eigenvalue weighted by molar-refractivity contribution is 5.90. The molecular formula is C16H23NO2. The van der Waals surface area contributed by atoms with Gasteiger partial charge in [-0.1, -0.05) is 19.8 Å². The second-order valence-electron chi connectivity index (χ2n) is 5.35. The maximum Gasteiger partial charge on any atom is 0.339 e. The lowest BCUT2D eigenvalue weighted by molar-refractivity contribution is 0.0524. The highest BCUT2D eigenvalue weighted by atomic mass is 16.5. The van der Waals surface area contributed by atoms with Gasteiger partial charge in [-0.25, -0.2) is 4.79 Å². The van der Waals surface area contributed by atoms with Crippen molar-refractivity contribution < 1.29 is 9.53 Å². The molecule has 2 rings (SSSR count). The lowest BCUT2D eigenvalue weighted by atomic mass is 9.83. The quantitative estimate of drug-likeness (QED) is 0.779. The molecule has 0 amide bonds. The Hall–Kier alpha value is -1.38. The summed E-state index contributed by atoms with van der Waals surface area (Å²) in [5, 5.41) is 0. The van der Waals surface area contributed by atoms with Crippen molar-refractivity contribution >= 4 is 5.97 Å². The minimum absolute atomic E-state index is 0.243. The monoisotopic (exact) mass is 261 g/mol. The zero-order valence-electron chi connectivity index (χ0n) is 12.2. The van der Waals surface area contributed by atoms with Crippen LogP contribution in [0.25, 0.3) is 0 Å². The van der Waals surface area contributed by atoms with E-state index >= 15 is 0 Å². The summed E-state index contributed by atoms with van der Waals surface area (Å²) < 4.78 is 5.10. The highest BCUT2D eigenvalue weighted by Crippen LogP contribution is 2.28. The van der Waals surface area contributed by atoms with E-state index in [4.69, 9.17) is 4.74 Å². The highest BCUT2D eigenvalue weighted by Gasteiger charge is 2.22. The molecular weight excluding hydrogens is 238 g/mol. The molecule has 0 fully saturated rings. The summed E-state index contributed by atoms with van der Waals surface area (Å²) in [4.78, 5) is 16.5. The third-order valence-corrected chi connectivity index (χ3v) is 3.87. The fourth-order valence-electron chi connectivity index (χ4n) is 2.91. The van der Waals surface area contributed by atoms with Crippen LogP contribution in [0, 0.1) is 12.8 Å². The molecule has 0 saturated carbocycles. The first-order chi connectivity index (χ1) is 9.15. The molecule has 0 radical (unpaired) electrons. The van der Waals surface area contributed by atoms with Gasteiger partial charge in [0.1, 0.15) is 0 Å². The summed E-state index contributed by atoms with van der Waals surface area (Å²) >= 11 is 0. The van der Waals surface area contributed by atoms with Crippen LogP contribution in [0.1, 0.15) is 60.4 Å². The number of rotatable bonds is 4. The standard InChI is InChI=1S/C16H23NO2/c1-4-6-12-7-8-15-13(9-12)10-14(11(3)17-15)16(18)19-5-2/h10,12H,4-9H2,1-3H3. The van der Waals surface area contributed by atoms with Crippen LogP contribution in [0.3, 0.4) is 0 Å². The van der Waals surface area contributed by atoms with Crippen molar-refractivity contribution in [2.75, 3.05) is 6.61 Å². The van der Waals surface area contributed by atoms with Crippen molar-refractivity contribution in [1.82, 2.24) is 4.98 Å². The van der Waals surface area contributed by atoms with E-state index in [-0.39, 0.29) is 5.97 Å². The number of aromatic nitrogens is 1. The maximum atomic E-state index is 11.9. The average Bonchev–Trinajstić information content (AvgIpc) is 2.39. The molecule has 1 aromatic heterocycles. The Kier molecular flexibility index (Phi) is 4.56. The van der Waals surface area contributed by atoms with Crippen LogP contribution >= 0.6 is 0 Å². The Morgan fingerprint density at radius 1 is 1.47 bits per heavy atom. The van der Waals surface area contributed by atoms with Gasteiger partial charge in [-0.05, 0) is 50.7 Å². The summed E-state index contributed by atoms with van der Waals surface area (Å²) in [6.07, 6.45) is 5.82. The average molecular weight is 261 g/mol. The predicted octanol–water partition coefficient (Wildman–Crippen LogP) is 3.47. The van der Waals surface area contributed by atoms with Crippen LogP contribution in [0.4, 0.5) is 0 Å². The van der Waals surface area contributed by atoms with E-state index in [1.54, 1.807) is 0 Å². The molecule has 1 unspecified atom stereocenters. The number of fused-ring (bicyclic) bond motifs is 1. The van der Waals surface area contributed by atoms with Gasteiger partial charge >= 0.3 is 5.97 Å². The second kappa shape index (κ2) is 6.18. The molecule has 1 aliphatic rings. The topological polar surface area (TPSA) is 39.2 Å². The van der Waals surface area contributed by atoms with Crippen molar-refractivity contribution in [3.63, 3.8) is 0 Å². The Bertz CT molecular complexity index is 468. The smallest absolute Gasteiger partial charge is 0.339 e. The van der Waals surface area contributed by atoms with Crippen molar-refractivity contribution in [1.29, 1.82) is 0 Å². The zero-order chi connectivity index (χ0) is 13.8. The second-order valence-corrected chi connectivity index (χ2v) is 5.35. The molecule has 1 atom stereocenters. The van der Waals surface area contributed by atoms with Crippen LogP contribution in [-0.4, -0.2) is 17.6 Å². The minimum atomic E-state index is -0.243. The van der Waals surface area contributed by atoms with Crippen LogP contribution in [0.2, 0.25) is 0 Å². The van der Waals surface area contributed by atoms with Gasteiger partial charge in [0, 0.05) is 5.69 Å². The third kappa shape index (κ3) is 3.14. The molecule has 0 bridgehead atoms. The largest absolute Gasteiger partial charge is 0.462 e. The molecule has 1 aliphatic carbocycles.